The summed E-state index contributed by atoms with van der Waals surface area (Å²) >= 11 is 0. The lowest BCUT2D eigenvalue weighted by Gasteiger charge is -2.07. The molecule has 2 nitrogen and oxygen atoms in total. The lowest BCUT2D eigenvalue weighted by molar-refractivity contribution is 0.340. The fraction of sp³-hybridized carbons (Fsp3) is 0.571. The van der Waals surface area contributed by atoms with Gasteiger partial charge < -0.3 is 10.1 Å². The van der Waals surface area contributed by atoms with Crippen LogP contribution in [0.5, 0.6) is 5.75 Å². The average molecular weight is 221 g/mol. The zero-order chi connectivity index (χ0) is 11.6. The highest BCUT2D eigenvalue weighted by atomic mass is 16.5. The summed E-state index contributed by atoms with van der Waals surface area (Å²) in [6.07, 6.45) is 3.86. The Kier molecular flexibility index (Phi) is 6.66. The highest BCUT2D eigenvalue weighted by Gasteiger charge is 1.95. The molecule has 0 aliphatic heterocycles. The van der Waals surface area contributed by atoms with Crippen LogP contribution in [0.2, 0.25) is 0 Å². The van der Waals surface area contributed by atoms with E-state index in [2.05, 4.69) is 24.4 Å². The second kappa shape index (κ2) is 8.17. The molecule has 0 amide bonds. The van der Waals surface area contributed by atoms with Gasteiger partial charge in [0.25, 0.3) is 0 Å². The smallest absolute Gasteiger partial charge is 0.119 e. The van der Waals surface area contributed by atoms with Gasteiger partial charge >= 0.3 is 0 Å². The summed E-state index contributed by atoms with van der Waals surface area (Å²) in [6, 6.07) is 8.30. The second-order valence-corrected chi connectivity index (χ2v) is 3.96. The first-order valence-corrected chi connectivity index (χ1v) is 6.29. The van der Waals surface area contributed by atoms with Gasteiger partial charge in [-0.3, -0.25) is 0 Å². The minimum absolute atomic E-state index is 0.730. The molecule has 1 aromatic rings. The van der Waals surface area contributed by atoms with Crippen LogP contribution in [-0.2, 0) is 6.54 Å². The molecule has 0 saturated heterocycles. The molecule has 0 spiro atoms. The van der Waals surface area contributed by atoms with Gasteiger partial charge in [-0.05, 0) is 37.6 Å². The number of nitrogens with one attached hydrogen (secondary N) is 1. The minimum atomic E-state index is 0.730. The van der Waals surface area contributed by atoms with E-state index in [9.17, 15) is 0 Å². The topological polar surface area (TPSA) is 21.3 Å². The quantitative estimate of drug-likeness (QED) is 0.680. The van der Waals surface area contributed by atoms with Crippen molar-refractivity contribution in [2.75, 3.05) is 13.2 Å². The predicted octanol–water partition coefficient (Wildman–Crippen LogP) is 3.37. The van der Waals surface area contributed by atoms with Gasteiger partial charge in [-0.25, -0.2) is 0 Å². The Morgan fingerprint density at radius 3 is 2.81 bits per heavy atom. The summed E-state index contributed by atoms with van der Waals surface area (Å²) in [6.45, 7) is 7.01. The monoisotopic (exact) mass is 221 g/mol. The first kappa shape index (κ1) is 13.0. The predicted molar refractivity (Wildman–Crippen MR) is 68.8 cm³/mol. The zero-order valence-electron chi connectivity index (χ0n) is 10.5. The van der Waals surface area contributed by atoms with Crippen molar-refractivity contribution in [2.24, 2.45) is 0 Å². The Morgan fingerprint density at radius 1 is 1.19 bits per heavy atom. The molecule has 90 valence electrons. The van der Waals surface area contributed by atoms with Crippen LogP contribution in [0, 0.1) is 0 Å². The average Bonchev–Trinajstić information content (AvgIpc) is 2.30. The van der Waals surface area contributed by atoms with Crippen molar-refractivity contribution in [1.82, 2.24) is 5.32 Å². The molecule has 1 N–H and O–H groups in total. The molecular formula is C14H23NO. The molecule has 0 aromatic heterocycles. The van der Waals surface area contributed by atoms with E-state index in [-0.39, 0.29) is 0 Å². The van der Waals surface area contributed by atoms with Crippen molar-refractivity contribution >= 4 is 0 Å². The van der Waals surface area contributed by atoms with Crippen LogP contribution in [0.4, 0.5) is 0 Å². The Balaban J connectivity index is 2.27. The number of unbranched alkanes of at least 4 members (excludes halogenated alkanes) is 2. The lowest BCUT2D eigenvalue weighted by Crippen LogP contribution is -2.14. The van der Waals surface area contributed by atoms with Crippen molar-refractivity contribution < 1.29 is 4.74 Å². The first-order chi connectivity index (χ1) is 7.86. The van der Waals surface area contributed by atoms with Gasteiger partial charge in [-0.2, -0.15) is 0 Å². The summed E-state index contributed by atoms with van der Waals surface area (Å²) in [5.74, 6) is 0.968. The summed E-state index contributed by atoms with van der Waals surface area (Å²) < 4.78 is 5.46. The summed E-state index contributed by atoms with van der Waals surface area (Å²) in [5.41, 5.74) is 1.29. The van der Waals surface area contributed by atoms with Crippen LogP contribution >= 0.6 is 0 Å². The SMILES string of the molecule is CCCCCNCc1cccc(OCC)c1. The third-order valence-corrected chi connectivity index (χ3v) is 2.50. The normalized spacial score (nSPS) is 10.4. The van der Waals surface area contributed by atoms with E-state index in [4.69, 9.17) is 4.74 Å². The Morgan fingerprint density at radius 2 is 2.06 bits per heavy atom. The van der Waals surface area contributed by atoms with Crippen molar-refractivity contribution in [2.45, 2.75) is 39.7 Å². The van der Waals surface area contributed by atoms with E-state index < -0.39 is 0 Å². The number of ether oxygens (including phenoxy) is 1. The van der Waals surface area contributed by atoms with E-state index in [1.807, 2.05) is 19.1 Å². The summed E-state index contributed by atoms with van der Waals surface area (Å²) in [4.78, 5) is 0. The molecule has 0 aliphatic rings. The first-order valence-electron chi connectivity index (χ1n) is 6.29. The third-order valence-electron chi connectivity index (χ3n) is 2.50. The third kappa shape index (κ3) is 5.17. The van der Waals surface area contributed by atoms with Gasteiger partial charge in [-0.15, -0.1) is 0 Å². The van der Waals surface area contributed by atoms with Crippen LogP contribution in [-0.4, -0.2) is 13.2 Å². The van der Waals surface area contributed by atoms with Gasteiger partial charge in [0.05, 0.1) is 6.61 Å². The minimum Gasteiger partial charge on any atom is -0.494 e. The van der Waals surface area contributed by atoms with Crippen LogP contribution < -0.4 is 10.1 Å². The van der Waals surface area contributed by atoms with Crippen LogP contribution in [0.25, 0.3) is 0 Å². The van der Waals surface area contributed by atoms with Crippen molar-refractivity contribution in [3.05, 3.63) is 29.8 Å². The molecule has 16 heavy (non-hydrogen) atoms. The largest absolute Gasteiger partial charge is 0.494 e. The Hall–Kier alpha value is -1.02. The maximum atomic E-state index is 5.46. The van der Waals surface area contributed by atoms with E-state index in [0.717, 1.165) is 25.4 Å². The molecular weight excluding hydrogens is 198 g/mol. The van der Waals surface area contributed by atoms with Crippen molar-refractivity contribution in [1.29, 1.82) is 0 Å². The number of hydrogen-bond donors (Lipinski definition) is 1. The molecule has 0 aliphatic carbocycles. The molecule has 1 rings (SSSR count). The maximum Gasteiger partial charge on any atom is 0.119 e. The number of rotatable bonds is 8. The highest BCUT2D eigenvalue weighted by molar-refractivity contribution is 5.28. The van der Waals surface area contributed by atoms with E-state index in [1.165, 1.54) is 24.8 Å². The van der Waals surface area contributed by atoms with Crippen molar-refractivity contribution in [3.63, 3.8) is 0 Å². The fourth-order valence-electron chi connectivity index (χ4n) is 1.64. The zero-order valence-corrected chi connectivity index (χ0v) is 10.5. The summed E-state index contributed by atoms with van der Waals surface area (Å²) in [5, 5.41) is 3.45. The van der Waals surface area contributed by atoms with Crippen molar-refractivity contribution in [3.8, 4) is 5.75 Å². The molecule has 0 bridgehead atoms. The van der Waals surface area contributed by atoms with Gasteiger partial charge in [0.2, 0.25) is 0 Å². The molecule has 0 unspecified atom stereocenters. The van der Waals surface area contributed by atoms with Crippen LogP contribution in [0.15, 0.2) is 24.3 Å². The van der Waals surface area contributed by atoms with E-state index in [1.54, 1.807) is 0 Å². The number of benzene rings is 1. The second-order valence-electron chi connectivity index (χ2n) is 3.96. The van der Waals surface area contributed by atoms with Gasteiger partial charge in [-0.1, -0.05) is 31.9 Å². The molecule has 1 aromatic carbocycles. The molecule has 0 atom stereocenters. The van der Waals surface area contributed by atoms with Gasteiger partial charge in [0.15, 0.2) is 0 Å². The molecule has 0 radical (unpaired) electrons. The molecule has 0 heterocycles. The highest BCUT2D eigenvalue weighted by Crippen LogP contribution is 2.12. The fourth-order valence-corrected chi connectivity index (χ4v) is 1.64. The summed E-state index contributed by atoms with van der Waals surface area (Å²) in [7, 11) is 0. The van der Waals surface area contributed by atoms with Gasteiger partial charge in [0.1, 0.15) is 5.75 Å². The standard InChI is InChI=1S/C14H23NO/c1-3-5-6-10-15-12-13-8-7-9-14(11-13)16-4-2/h7-9,11,15H,3-6,10,12H2,1-2H3. The molecule has 2 heteroatoms. The maximum absolute atomic E-state index is 5.46. The Labute approximate surface area is 99.0 Å². The Bertz CT molecular complexity index is 286. The lowest BCUT2D eigenvalue weighted by atomic mass is 10.2. The van der Waals surface area contributed by atoms with E-state index in [0.29, 0.717) is 0 Å². The number of hydrogen-bond acceptors (Lipinski definition) is 2. The molecule has 0 saturated carbocycles. The van der Waals surface area contributed by atoms with Crippen LogP contribution in [0.1, 0.15) is 38.7 Å². The molecule has 0 fully saturated rings. The van der Waals surface area contributed by atoms with E-state index >= 15 is 0 Å². The van der Waals surface area contributed by atoms with Crippen LogP contribution in [0.3, 0.4) is 0 Å². The van der Waals surface area contributed by atoms with Gasteiger partial charge in [0, 0.05) is 6.54 Å².